The lowest BCUT2D eigenvalue weighted by atomic mass is 10.1. The van der Waals surface area contributed by atoms with Crippen LogP contribution in [-0.2, 0) is 0 Å². The molecule has 0 spiro atoms. The summed E-state index contributed by atoms with van der Waals surface area (Å²) >= 11 is 0. The first-order valence-electron chi connectivity index (χ1n) is 5.38. The monoisotopic (exact) mass is 243 g/mol. The van der Waals surface area contributed by atoms with Gasteiger partial charge in [0.25, 0.3) is 5.91 Å². The Hall–Kier alpha value is -2.56. The lowest BCUT2D eigenvalue weighted by Crippen LogP contribution is -2.13. The SMILES string of the molecule is Cc1ccncc1NC(=O)c1ccc(N)c(O)c1. The molecule has 4 N–H and O–H groups in total. The third-order valence-electron chi connectivity index (χ3n) is 2.58. The van der Waals surface area contributed by atoms with Gasteiger partial charge in [-0.3, -0.25) is 9.78 Å². The summed E-state index contributed by atoms with van der Waals surface area (Å²) in [6.45, 7) is 1.87. The minimum absolute atomic E-state index is 0.106. The van der Waals surface area contributed by atoms with Crippen LogP contribution in [0.15, 0.2) is 36.7 Å². The first-order valence-corrected chi connectivity index (χ1v) is 5.38. The summed E-state index contributed by atoms with van der Waals surface area (Å²) < 4.78 is 0. The van der Waals surface area contributed by atoms with Crippen molar-refractivity contribution in [3.63, 3.8) is 0 Å². The third kappa shape index (κ3) is 2.40. The number of amides is 1. The lowest BCUT2D eigenvalue weighted by molar-refractivity contribution is 0.102. The topological polar surface area (TPSA) is 88.2 Å². The number of aromatic nitrogens is 1. The summed E-state index contributed by atoms with van der Waals surface area (Å²) in [7, 11) is 0. The lowest BCUT2D eigenvalue weighted by Gasteiger charge is -2.08. The Kier molecular flexibility index (Phi) is 3.14. The van der Waals surface area contributed by atoms with Gasteiger partial charge in [-0.1, -0.05) is 0 Å². The molecule has 2 rings (SSSR count). The quantitative estimate of drug-likeness (QED) is 0.555. The van der Waals surface area contributed by atoms with Crippen LogP contribution in [0.5, 0.6) is 5.75 Å². The Bertz CT molecular complexity index is 597. The van der Waals surface area contributed by atoms with Crippen molar-refractivity contribution >= 4 is 17.3 Å². The van der Waals surface area contributed by atoms with Crippen LogP contribution in [0.3, 0.4) is 0 Å². The fraction of sp³-hybridized carbons (Fsp3) is 0.0769. The molecule has 1 heterocycles. The molecular weight excluding hydrogens is 230 g/mol. The summed E-state index contributed by atoms with van der Waals surface area (Å²) in [5.41, 5.74) is 7.60. The smallest absolute Gasteiger partial charge is 0.255 e. The zero-order valence-corrected chi connectivity index (χ0v) is 9.84. The highest BCUT2D eigenvalue weighted by Gasteiger charge is 2.09. The van der Waals surface area contributed by atoms with Crippen molar-refractivity contribution in [1.29, 1.82) is 0 Å². The number of carbonyl (C=O) groups excluding carboxylic acids is 1. The minimum atomic E-state index is -0.318. The van der Waals surface area contributed by atoms with Gasteiger partial charge in [-0.2, -0.15) is 0 Å². The highest BCUT2D eigenvalue weighted by molar-refractivity contribution is 6.05. The fourth-order valence-corrected chi connectivity index (χ4v) is 1.47. The van der Waals surface area contributed by atoms with Crippen LogP contribution < -0.4 is 11.1 Å². The van der Waals surface area contributed by atoms with Crippen LogP contribution in [0.2, 0.25) is 0 Å². The van der Waals surface area contributed by atoms with Crippen molar-refractivity contribution < 1.29 is 9.90 Å². The highest BCUT2D eigenvalue weighted by Crippen LogP contribution is 2.21. The van der Waals surface area contributed by atoms with Crippen LogP contribution in [0, 0.1) is 6.92 Å². The van der Waals surface area contributed by atoms with Gasteiger partial charge in [0, 0.05) is 11.8 Å². The number of benzene rings is 1. The van der Waals surface area contributed by atoms with E-state index < -0.39 is 0 Å². The largest absolute Gasteiger partial charge is 0.506 e. The average molecular weight is 243 g/mol. The van der Waals surface area contributed by atoms with E-state index in [9.17, 15) is 9.90 Å². The molecule has 0 bridgehead atoms. The molecule has 1 aromatic heterocycles. The van der Waals surface area contributed by atoms with Crippen LogP contribution in [-0.4, -0.2) is 16.0 Å². The number of nitrogens with two attached hydrogens (primary N) is 1. The van der Waals surface area contributed by atoms with Gasteiger partial charge >= 0.3 is 0 Å². The van der Waals surface area contributed by atoms with Gasteiger partial charge in [-0.05, 0) is 36.8 Å². The first-order chi connectivity index (χ1) is 8.58. The number of pyridine rings is 1. The van der Waals surface area contributed by atoms with E-state index in [1.807, 2.05) is 6.92 Å². The molecule has 5 nitrogen and oxygen atoms in total. The normalized spacial score (nSPS) is 10.1. The Morgan fingerprint density at radius 3 is 2.83 bits per heavy atom. The maximum atomic E-state index is 11.9. The minimum Gasteiger partial charge on any atom is -0.506 e. The number of hydrogen-bond acceptors (Lipinski definition) is 4. The molecule has 0 saturated carbocycles. The Morgan fingerprint density at radius 2 is 2.17 bits per heavy atom. The van der Waals surface area contributed by atoms with Crippen molar-refractivity contribution in [2.24, 2.45) is 0 Å². The summed E-state index contributed by atoms with van der Waals surface area (Å²) in [5.74, 6) is -0.424. The van der Waals surface area contributed by atoms with Gasteiger partial charge in [0.05, 0.1) is 17.6 Å². The molecule has 0 aliphatic carbocycles. The van der Waals surface area contributed by atoms with E-state index in [4.69, 9.17) is 5.73 Å². The second-order valence-corrected chi connectivity index (χ2v) is 3.92. The van der Waals surface area contributed by atoms with Gasteiger partial charge < -0.3 is 16.2 Å². The molecule has 0 fully saturated rings. The number of aryl methyl sites for hydroxylation is 1. The molecule has 0 unspecified atom stereocenters. The zero-order valence-electron chi connectivity index (χ0n) is 9.84. The summed E-state index contributed by atoms with van der Waals surface area (Å²) in [5, 5.41) is 12.2. The predicted octanol–water partition coefficient (Wildman–Crippen LogP) is 1.93. The molecule has 92 valence electrons. The first kappa shape index (κ1) is 11.9. The molecule has 1 amide bonds. The number of nitrogens with zero attached hydrogens (tertiary/aromatic N) is 1. The Balaban J connectivity index is 2.22. The van der Waals surface area contributed by atoms with Gasteiger partial charge in [0.1, 0.15) is 5.75 Å². The van der Waals surface area contributed by atoms with E-state index in [-0.39, 0.29) is 17.3 Å². The summed E-state index contributed by atoms with van der Waals surface area (Å²) in [6.07, 6.45) is 3.23. The number of nitrogen functional groups attached to an aromatic ring is 1. The van der Waals surface area contributed by atoms with Gasteiger partial charge in [0.15, 0.2) is 0 Å². The van der Waals surface area contributed by atoms with Crippen molar-refractivity contribution in [2.45, 2.75) is 6.92 Å². The number of phenols is 1. The van der Waals surface area contributed by atoms with Gasteiger partial charge in [-0.25, -0.2) is 0 Å². The van der Waals surface area contributed by atoms with E-state index in [0.717, 1.165) is 5.56 Å². The number of anilines is 2. The molecule has 0 aliphatic rings. The van der Waals surface area contributed by atoms with E-state index >= 15 is 0 Å². The molecule has 1 aromatic carbocycles. The predicted molar refractivity (Wildman–Crippen MR) is 69.4 cm³/mol. The molecular formula is C13H13N3O2. The van der Waals surface area contributed by atoms with Crippen LogP contribution in [0.25, 0.3) is 0 Å². The van der Waals surface area contributed by atoms with Gasteiger partial charge in [0.2, 0.25) is 0 Å². The van der Waals surface area contributed by atoms with Crippen molar-refractivity contribution in [3.8, 4) is 5.75 Å². The maximum Gasteiger partial charge on any atom is 0.255 e. The number of nitrogens with one attached hydrogen (secondary N) is 1. The van der Waals surface area contributed by atoms with Crippen molar-refractivity contribution in [3.05, 3.63) is 47.8 Å². The van der Waals surface area contributed by atoms with Crippen molar-refractivity contribution in [2.75, 3.05) is 11.1 Å². The molecule has 18 heavy (non-hydrogen) atoms. The third-order valence-corrected chi connectivity index (χ3v) is 2.58. The number of rotatable bonds is 2. The molecule has 0 aliphatic heterocycles. The van der Waals surface area contributed by atoms with Gasteiger partial charge in [-0.15, -0.1) is 0 Å². The second-order valence-electron chi connectivity index (χ2n) is 3.92. The van der Waals surface area contributed by atoms with Crippen molar-refractivity contribution in [1.82, 2.24) is 4.98 Å². The van der Waals surface area contributed by atoms with E-state index in [1.54, 1.807) is 24.5 Å². The fourth-order valence-electron chi connectivity index (χ4n) is 1.47. The zero-order chi connectivity index (χ0) is 13.1. The molecule has 2 aromatic rings. The average Bonchev–Trinajstić information content (AvgIpc) is 2.35. The highest BCUT2D eigenvalue weighted by atomic mass is 16.3. The Morgan fingerprint density at radius 1 is 1.39 bits per heavy atom. The standard InChI is InChI=1S/C13H13N3O2/c1-8-4-5-15-7-11(8)16-13(18)9-2-3-10(14)12(17)6-9/h2-7,17H,14H2,1H3,(H,16,18). The summed E-state index contributed by atoms with van der Waals surface area (Å²) in [6, 6.07) is 6.17. The number of aromatic hydroxyl groups is 1. The van der Waals surface area contributed by atoms with Crippen LogP contribution >= 0.6 is 0 Å². The molecule has 0 atom stereocenters. The van der Waals surface area contributed by atoms with E-state index in [2.05, 4.69) is 10.3 Å². The van der Waals surface area contributed by atoms with E-state index in [1.165, 1.54) is 12.1 Å². The molecule has 0 radical (unpaired) electrons. The van der Waals surface area contributed by atoms with Crippen LogP contribution in [0.4, 0.5) is 11.4 Å². The second kappa shape index (κ2) is 4.75. The number of phenolic OH excluding ortho intramolecular Hbond substituents is 1. The maximum absolute atomic E-state index is 11.9. The van der Waals surface area contributed by atoms with Crippen LogP contribution in [0.1, 0.15) is 15.9 Å². The molecule has 0 saturated heterocycles. The molecule has 5 heteroatoms. The summed E-state index contributed by atoms with van der Waals surface area (Å²) in [4.78, 5) is 15.9. The number of hydrogen-bond donors (Lipinski definition) is 3. The Labute approximate surface area is 104 Å². The number of carbonyl (C=O) groups is 1. The van der Waals surface area contributed by atoms with E-state index in [0.29, 0.717) is 11.3 Å².